The number of carboxylic acid groups (broad SMARTS) is 1. The Kier molecular flexibility index (Phi) is 2.95. The minimum atomic E-state index is -4.46. The standard InChI is InChI=1S/C10H12F3N3O2/c1-2-5-3-7(10(11,12)13)16-8(14-5)4-6(15-16)9(17)18/h4-5,7,14H,2-3H2,1H3,(H,17,18)/p-1/t5-,7-/m1/s1. The Morgan fingerprint density at radius 3 is 2.83 bits per heavy atom. The molecule has 2 heterocycles. The SMILES string of the molecule is CC[C@@H]1C[C@H](C(F)(F)F)n2nc(C(=O)[O-])cc2N1. The van der Waals surface area contributed by atoms with Gasteiger partial charge in [0.05, 0.1) is 5.97 Å². The third-order valence-corrected chi connectivity index (χ3v) is 2.97. The van der Waals surface area contributed by atoms with Gasteiger partial charge in [0.1, 0.15) is 11.5 Å². The zero-order valence-corrected chi connectivity index (χ0v) is 9.49. The molecule has 0 amide bonds. The normalized spacial score (nSPS) is 23.3. The fraction of sp³-hybridized carbons (Fsp3) is 0.600. The van der Waals surface area contributed by atoms with Crippen LogP contribution < -0.4 is 10.4 Å². The Morgan fingerprint density at radius 1 is 1.67 bits per heavy atom. The summed E-state index contributed by atoms with van der Waals surface area (Å²) >= 11 is 0. The van der Waals surface area contributed by atoms with Crippen LogP contribution in [0.3, 0.4) is 0 Å². The van der Waals surface area contributed by atoms with Crippen molar-refractivity contribution in [1.29, 1.82) is 0 Å². The topological polar surface area (TPSA) is 70.0 Å². The molecule has 0 fully saturated rings. The largest absolute Gasteiger partial charge is 0.543 e. The van der Waals surface area contributed by atoms with Crippen LogP contribution in [0.15, 0.2) is 6.07 Å². The molecule has 0 unspecified atom stereocenters. The van der Waals surface area contributed by atoms with Crippen LogP contribution in [-0.4, -0.2) is 28.0 Å². The van der Waals surface area contributed by atoms with Crippen molar-refractivity contribution in [2.75, 3.05) is 5.32 Å². The van der Waals surface area contributed by atoms with Gasteiger partial charge in [-0.3, -0.25) is 0 Å². The molecule has 1 N–H and O–H groups in total. The molecular weight excluding hydrogens is 251 g/mol. The van der Waals surface area contributed by atoms with Gasteiger partial charge < -0.3 is 15.2 Å². The summed E-state index contributed by atoms with van der Waals surface area (Å²) in [6.07, 6.45) is -4.11. The van der Waals surface area contributed by atoms with Crippen LogP contribution in [0, 0.1) is 0 Å². The number of hydrogen-bond donors (Lipinski definition) is 1. The minimum absolute atomic E-state index is 0.0645. The quantitative estimate of drug-likeness (QED) is 0.861. The van der Waals surface area contributed by atoms with Crippen molar-refractivity contribution in [3.8, 4) is 0 Å². The molecule has 0 bridgehead atoms. The maximum Gasteiger partial charge on any atom is 0.410 e. The second-order valence-corrected chi connectivity index (χ2v) is 4.19. The summed E-state index contributed by atoms with van der Waals surface area (Å²) in [5, 5.41) is 16.9. The lowest BCUT2D eigenvalue weighted by atomic mass is 10.0. The maximum absolute atomic E-state index is 12.9. The van der Waals surface area contributed by atoms with Gasteiger partial charge in [0.25, 0.3) is 0 Å². The van der Waals surface area contributed by atoms with Crippen molar-refractivity contribution < 1.29 is 23.1 Å². The number of anilines is 1. The average molecular weight is 262 g/mol. The van der Waals surface area contributed by atoms with Gasteiger partial charge in [0.15, 0.2) is 6.04 Å². The van der Waals surface area contributed by atoms with Crippen LogP contribution in [0.2, 0.25) is 0 Å². The van der Waals surface area contributed by atoms with Crippen molar-refractivity contribution in [3.63, 3.8) is 0 Å². The zero-order chi connectivity index (χ0) is 13.5. The number of halogens is 3. The van der Waals surface area contributed by atoms with E-state index in [0.29, 0.717) is 11.1 Å². The highest BCUT2D eigenvalue weighted by Gasteiger charge is 2.45. The number of fused-ring (bicyclic) bond motifs is 1. The molecule has 1 aromatic rings. The van der Waals surface area contributed by atoms with Crippen molar-refractivity contribution >= 4 is 11.8 Å². The van der Waals surface area contributed by atoms with Gasteiger partial charge in [-0.25, -0.2) is 4.68 Å². The molecule has 18 heavy (non-hydrogen) atoms. The summed E-state index contributed by atoms with van der Waals surface area (Å²) in [6, 6.07) is -1.09. The zero-order valence-electron chi connectivity index (χ0n) is 9.49. The highest BCUT2D eigenvalue weighted by atomic mass is 19.4. The van der Waals surface area contributed by atoms with E-state index in [0.717, 1.165) is 6.07 Å². The smallest absolute Gasteiger partial charge is 0.410 e. The van der Waals surface area contributed by atoms with E-state index in [1.165, 1.54) is 0 Å². The molecule has 1 aromatic heterocycles. The number of carboxylic acids is 1. The lowest BCUT2D eigenvalue weighted by Gasteiger charge is -2.32. The van der Waals surface area contributed by atoms with Gasteiger partial charge >= 0.3 is 6.18 Å². The van der Waals surface area contributed by atoms with Gasteiger partial charge in [-0.05, 0) is 12.8 Å². The molecule has 2 atom stereocenters. The van der Waals surface area contributed by atoms with Crippen molar-refractivity contribution in [2.24, 2.45) is 0 Å². The Bertz CT molecular complexity index is 469. The molecule has 1 aliphatic heterocycles. The van der Waals surface area contributed by atoms with E-state index in [4.69, 9.17) is 0 Å². The molecular formula is C10H11F3N3O2-. The van der Waals surface area contributed by atoms with Crippen LogP contribution in [0.5, 0.6) is 0 Å². The molecule has 8 heteroatoms. The predicted octanol–water partition coefficient (Wildman–Crippen LogP) is 0.944. The summed E-state index contributed by atoms with van der Waals surface area (Å²) in [6.45, 7) is 1.76. The van der Waals surface area contributed by atoms with E-state index in [1.54, 1.807) is 6.92 Å². The molecule has 100 valence electrons. The van der Waals surface area contributed by atoms with Crippen molar-refractivity contribution in [2.45, 2.75) is 38.0 Å². The number of nitrogens with zero attached hydrogens (tertiary/aromatic N) is 2. The Labute approximate surface area is 101 Å². The van der Waals surface area contributed by atoms with E-state index in [9.17, 15) is 23.1 Å². The number of alkyl halides is 3. The monoisotopic (exact) mass is 262 g/mol. The van der Waals surface area contributed by atoms with Crippen LogP contribution in [0.1, 0.15) is 36.3 Å². The molecule has 1 aliphatic rings. The van der Waals surface area contributed by atoms with Gasteiger partial charge in [-0.1, -0.05) is 6.92 Å². The third kappa shape index (κ3) is 2.14. The summed E-state index contributed by atoms with van der Waals surface area (Å²) in [5.74, 6) is -1.53. The van der Waals surface area contributed by atoms with Gasteiger partial charge in [-0.2, -0.15) is 18.3 Å². The highest BCUT2D eigenvalue weighted by molar-refractivity contribution is 5.84. The second kappa shape index (κ2) is 4.18. The number of hydrogen-bond acceptors (Lipinski definition) is 4. The Morgan fingerprint density at radius 2 is 2.33 bits per heavy atom. The lowest BCUT2D eigenvalue weighted by Crippen LogP contribution is -2.39. The molecule has 0 aromatic carbocycles. The predicted molar refractivity (Wildman–Crippen MR) is 54.0 cm³/mol. The summed E-state index contributed by atoms with van der Waals surface area (Å²) in [4.78, 5) is 10.6. The van der Waals surface area contributed by atoms with E-state index in [1.807, 2.05) is 0 Å². The first-order chi connectivity index (χ1) is 8.32. The second-order valence-electron chi connectivity index (χ2n) is 4.19. The number of aromatic carboxylic acids is 1. The molecule has 2 rings (SSSR count). The van der Waals surface area contributed by atoms with E-state index >= 15 is 0 Å². The third-order valence-electron chi connectivity index (χ3n) is 2.97. The van der Waals surface area contributed by atoms with Crippen LogP contribution in [-0.2, 0) is 0 Å². The molecule has 0 spiro atoms. The maximum atomic E-state index is 12.9. The lowest BCUT2D eigenvalue weighted by molar-refractivity contribution is -0.255. The Hall–Kier alpha value is -1.73. The van der Waals surface area contributed by atoms with E-state index in [-0.39, 0.29) is 18.3 Å². The Balaban J connectivity index is 2.43. The van der Waals surface area contributed by atoms with Gasteiger partial charge in [-0.15, -0.1) is 0 Å². The first kappa shape index (κ1) is 12.7. The fourth-order valence-corrected chi connectivity index (χ4v) is 2.02. The summed E-state index contributed by atoms with van der Waals surface area (Å²) in [5.41, 5.74) is -0.497. The van der Waals surface area contributed by atoms with Crippen LogP contribution >= 0.6 is 0 Å². The molecule has 0 saturated carbocycles. The van der Waals surface area contributed by atoms with Crippen molar-refractivity contribution in [3.05, 3.63) is 11.8 Å². The van der Waals surface area contributed by atoms with Crippen LogP contribution in [0.4, 0.5) is 19.0 Å². The van der Waals surface area contributed by atoms with Gasteiger partial charge in [0, 0.05) is 12.1 Å². The van der Waals surface area contributed by atoms with Crippen molar-refractivity contribution in [1.82, 2.24) is 9.78 Å². The van der Waals surface area contributed by atoms with Crippen LogP contribution in [0.25, 0.3) is 0 Å². The average Bonchev–Trinajstić information content (AvgIpc) is 2.69. The number of carbonyl (C=O) groups excluding carboxylic acids is 1. The number of carbonyl (C=O) groups is 1. The molecule has 5 nitrogen and oxygen atoms in total. The van der Waals surface area contributed by atoms with E-state index in [2.05, 4.69) is 10.4 Å². The first-order valence-corrected chi connectivity index (χ1v) is 5.47. The highest BCUT2D eigenvalue weighted by Crippen LogP contribution is 2.39. The molecule has 0 saturated heterocycles. The molecule has 0 radical (unpaired) electrons. The molecule has 0 aliphatic carbocycles. The van der Waals surface area contributed by atoms with E-state index < -0.39 is 23.9 Å². The number of aromatic nitrogens is 2. The fourth-order valence-electron chi connectivity index (χ4n) is 2.02. The minimum Gasteiger partial charge on any atom is -0.543 e. The first-order valence-electron chi connectivity index (χ1n) is 5.47. The summed E-state index contributed by atoms with van der Waals surface area (Å²) in [7, 11) is 0. The number of nitrogens with one attached hydrogen (secondary N) is 1. The summed E-state index contributed by atoms with van der Waals surface area (Å²) < 4.78 is 39.3. The number of rotatable bonds is 2. The van der Waals surface area contributed by atoms with Gasteiger partial charge in [0.2, 0.25) is 0 Å².